The molecule has 1 unspecified atom stereocenters. The molecule has 1 aromatic rings. The summed E-state index contributed by atoms with van der Waals surface area (Å²) in [5.41, 5.74) is 0. The van der Waals surface area contributed by atoms with E-state index in [1.54, 1.807) is 19.1 Å². The van der Waals surface area contributed by atoms with Gasteiger partial charge in [-0.05, 0) is 19.1 Å². The average molecular weight is 184 g/mol. The summed E-state index contributed by atoms with van der Waals surface area (Å²) in [4.78, 5) is 0.776. The predicted molar refractivity (Wildman–Crippen MR) is 49.4 cm³/mol. The quantitative estimate of drug-likeness (QED) is 0.765. The second-order valence-electron chi connectivity index (χ2n) is 2.67. The van der Waals surface area contributed by atoms with Crippen molar-refractivity contribution in [3.8, 4) is 0 Å². The minimum absolute atomic E-state index is 0.310. The highest BCUT2D eigenvalue weighted by molar-refractivity contribution is 7.85. The Morgan fingerprint density at radius 2 is 2.00 bits per heavy atom. The van der Waals surface area contributed by atoms with Crippen LogP contribution in [0, 0.1) is 0 Å². The molecule has 0 heterocycles. The first-order chi connectivity index (χ1) is 5.70. The van der Waals surface area contributed by atoms with E-state index >= 15 is 0 Å². The number of aliphatic hydroxyl groups excluding tert-OH is 1. The molecule has 0 aliphatic carbocycles. The first kappa shape index (κ1) is 9.42. The molecule has 0 spiro atoms. The lowest BCUT2D eigenvalue weighted by molar-refractivity contribution is 0.219. The monoisotopic (exact) mass is 184 g/mol. The maximum absolute atomic E-state index is 11.4. The maximum Gasteiger partial charge on any atom is 0.0630 e. The molecule has 66 valence electrons. The van der Waals surface area contributed by atoms with Crippen LogP contribution in [0.5, 0.6) is 0 Å². The molecule has 12 heavy (non-hydrogen) atoms. The highest BCUT2D eigenvalue weighted by Gasteiger charge is 2.05. The van der Waals surface area contributed by atoms with Crippen molar-refractivity contribution in [3.63, 3.8) is 0 Å². The average Bonchev–Trinajstić information content (AvgIpc) is 2.05. The molecule has 2 atom stereocenters. The van der Waals surface area contributed by atoms with Crippen molar-refractivity contribution in [1.29, 1.82) is 0 Å². The summed E-state index contributed by atoms with van der Waals surface area (Å²) in [7, 11) is -1.06. The van der Waals surface area contributed by atoms with Crippen molar-refractivity contribution in [2.75, 3.05) is 5.75 Å². The maximum atomic E-state index is 11.4. The summed E-state index contributed by atoms with van der Waals surface area (Å²) in [5.74, 6) is 0.310. The molecule has 0 radical (unpaired) electrons. The van der Waals surface area contributed by atoms with Crippen molar-refractivity contribution in [2.24, 2.45) is 0 Å². The Bertz CT molecular complexity index is 256. The van der Waals surface area contributed by atoms with Gasteiger partial charge in [0.05, 0.1) is 22.7 Å². The van der Waals surface area contributed by atoms with Crippen LogP contribution in [0.25, 0.3) is 0 Å². The minimum Gasteiger partial charge on any atom is -0.392 e. The third-order valence-corrected chi connectivity index (χ3v) is 2.98. The topological polar surface area (TPSA) is 37.3 Å². The van der Waals surface area contributed by atoms with Crippen LogP contribution >= 0.6 is 0 Å². The van der Waals surface area contributed by atoms with Gasteiger partial charge in [-0.3, -0.25) is 4.21 Å². The van der Waals surface area contributed by atoms with Gasteiger partial charge in [0.1, 0.15) is 0 Å². The van der Waals surface area contributed by atoms with Crippen LogP contribution in [-0.2, 0) is 10.8 Å². The lowest BCUT2D eigenvalue weighted by Gasteiger charge is -2.03. The van der Waals surface area contributed by atoms with Gasteiger partial charge in [-0.25, -0.2) is 0 Å². The molecular weight excluding hydrogens is 172 g/mol. The third-order valence-electron chi connectivity index (χ3n) is 1.40. The zero-order valence-electron chi connectivity index (χ0n) is 6.93. The largest absolute Gasteiger partial charge is 0.392 e. The van der Waals surface area contributed by atoms with Gasteiger partial charge >= 0.3 is 0 Å². The second kappa shape index (κ2) is 4.38. The Balaban J connectivity index is 2.66. The zero-order valence-corrected chi connectivity index (χ0v) is 7.75. The fourth-order valence-electron chi connectivity index (χ4n) is 0.888. The van der Waals surface area contributed by atoms with Crippen LogP contribution in [0.2, 0.25) is 0 Å². The molecule has 0 bridgehead atoms. The van der Waals surface area contributed by atoms with Crippen LogP contribution in [0.3, 0.4) is 0 Å². The number of hydrogen-bond donors (Lipinski definition) is 1. The molecule has 0 saturated heterocycles. The van der Waals surface area contributed by atoms with Gasteiger partial charge in [-0.1, -0.05) is 18.2 Å². The second-order valence-corrected chi connectivity index (χ2v) is 4.17. The lowest BCUT2D eigenvalue weighted by atomic mass is 10.4. The normalized spacial score (nSPS) is 15.5. The summed E-state index contributed by atoms with van der Waals surface area (Å²) in [5, 5.41) is 8.99. The van der Waals surface area contributed by atoms with Gasteiger partial charge in [0.15, 0.2) is 0 Å². The molecule has 0 aromatic heterocycles. The van der Waals surface area contributed by atoms with Crippen LogP contribution in [-0.4, -0.2) is 21.2 Å². The zero-order chi connectivity index (χ0) is 8.97. The molecule has 2 nitrogen and oxygen atoms in total. The van der Waals surface area contributed by atoms with Crippen molar-refractivity contribution < 1.29 is 9.32 Å². The lowest BCUT2D eigenvalue weighted by Crippen LogP contribution is -2.12. The fourth-order valence-corrected chi connectivity index (χ4v) is 1.98. The summed E-state index contributed by atoms with van der Waals surface area (Å²) >= 11 is 0. The summed E-state index contributed by atoms with van der Waals surface area (Å²) in [6.07, 6.45) is -0.508. The van der Waals surface area contributed by atoms with E-state index in [2.05, 4.69) is 0 Å². The van der Waals surface area contributed by atoms with E-state index in [9.17, 15) is 4.21 Å². The Hall–Kier alpha value is -0.670. The minimum atomic E-state index is -1.06. The standard InChI is InChI=1S/C9H12O2S/c1-8(10)7-12(11)9-5-3-2-4-6-9/h2-6,8,10H,7H2,1H3/t8-,12?/m0/s1. The molecule has 1 rings (SSSR count). The fraction of sp³-hybridized carbons (Fsp3) is 0.333. The van der Waals surface area contributed by atoms with Crippen molar-refractivity contribution in [1.82, 2.24) is 0 Å². The van der Waals surface area contributed by atoms with Crippen molar-refractivity contribution >= 4 is 10.8 Å². The molecule has 0 fully saturated rings. The Labute approximate surface area is 74.7 Å². The third kappa shape index (κ3) is 2.75. The van der Waals surface area contributed by atoms with Gasteiger partial charge in [0.25, 0.3) is 0 Å². The van der Waals surface area contributed by atoms with Crippen LogP contribution in [0.15, 0.2) is 35.2 Å². The number of aliphatic hydroxyl groups is 1. The van der Waals surface area contributed by atoms with E-state index in [1.807, 2.05) is 18.2 Å². The van der Waals surface area contributed by atoms with Gasteiger partial charge in [0.2, 0.25) is 0 Å². The number of rotatable bonds is 3. The molecule has 0 aliphatic heterocycles. The molecule has 0 aliphatic rings. The van der Waals surface area contributed by atoms with E-state index in [0.29, 0.717) is 5.75 Å². The first-order valence-electron chi connectivity index (χ1n) is 3.81. The SMILES string of the molecule is C[C@H](O)CS(=O)c1ccccc1. The smallest absolute Gasteiger partial charge is 0.0630 e. The van der Waals surface area contributed by atoms with E-state index < -0.39 is 16.9 Å². The number of benzene rings is 1. The van der Waals surface area contributed by atoms with Gasteiger partial charge in [0, 0.05) is 4.90 Å². The number of hydrogen-bond acceptors (Lipinski definition) is 2. The predicted octanol–water partition coefficient (Wildman–Crippen LogP) is 1.18. The van der Waals surface area contributed by atoms with Crippen LogP contribution in [0.1, 0.15) is 6.92 Å². The van der Waals surface area contributed by atoms with Gasteiger partial charge < -0.3 is 5.11 Å². The highest BCUT2D eigenvalue weighted by atomic mass is 32.2. The van der Waals surface area contributed by atoms with Crippen LogP contribution in [0.4, 0.5) is 0 Å². The Morgan fingerprint density at radius 3 is 2.50 bits per heavy atom. The summed E-state index contributed by atoms with van der Waals surface area (Å²) in [6.45, 7) is 1.64. The van der Waals surface area contributed by atoms with E-state index in [1.165, 1.54) is 0 Å². The molecule has 3 heteroatoms. The van der Waals surface area contributed by atoms with E-state index in [0.717, 1.165) is 4.90 Å². The molecular formula is C9H12O2S. The van der Waals surface area contributed by atoms with Gasteiger partial charge in [-0.15, -0.1) is 0 Å². The van der Waals surface area contributed by atoms with Crippen molar-refractivity contribution in [2.45, 2.75) is 17.9 Å². The van der Waals surface area contributed by atoms with Gasteiger partial charge in [-0.2, -0.15) is 0 Å². The van der Waals surface area contributed by atoms with E-state index in [4.69, 9.17) is 5.11 Å². The first-order valence-corrected chi connectivity index (χ1v) is 5.13. The highest BCUT2D eigenvalue weighted by Crippen LogP contribution is 2.06. The summed E-state index contributed by atoms with van der Waals surface area (Å²) < 4.78 is 11.4. The Morgan fingerprint density at radius 1 is 1.42 bits per heavy atom. The molecule has 1 aromatic carbocycles. The summed E-state index contributed by atoms with van der Waals surface area (Å²) in [6, 6.07) is 9.17. The molecule has 0 saturated carbocycles. The van der Waals surface area contributed by atoms with E-state index in [-0.39, 0.29) is 0 Å². The Kier molecular flexibility index (Phi) is 3.44. The van der Waals surface area contributed by atoms with Crippen LogP contribution < -0.4 is 0 Å². The molecule has 0 amide bonds. The van der Waals surface area contributed by atoms with Crippen molar-refractivity contribution in [3.05, 3.63) is 30.3 Å². The molecule has 1 N–H and O–H groups in total.